The molecule has 15 rings (SSSR count). The number of fused-ring (bicyclic) bond motifs is 1. The van der Waals surface area contributed by atoms with E-state index in [1.807, 2.05) is 0 Å². The lowest BCUT2D eigenvalue weighted by molar-refractivity contribution is 0.771. The van der Waals surface area contributed by atoms with Gasteiger partial charge >= 0.3 is 0 Å². The normalized spacial score (nSPS) is 12.3. The molecule has 14 aromatic rings. The van der Waals surface area contributed by atoms with Crippen LogP contribution in [0.25, 0.3) is 76.8 Å². The molecule has 0 unspecified atom stereocenters. The second-order valence-corrected chi connectivity index (χ2v) is 21.2. The van der Waals surface area contributed by atoms with E-state index < -0.39 is 5.41 Å². The molecule has 0 saturated carbocycles. The summed E-state index contributed by atoms with van der Waals surface area (Å²) in [4.78, 5) is 4.90. The molecule has 2 nitrogen and oxygen atoms in total. The van der Waals surface area contributed by atoms with Gasteiger partial charge in [-0.2, -0.15) is 0 Å². The zero-order chi connectivity index (χ0) is 53.7. The summed E-state index contributed by atoms with van der Waals surface area (Å²) in [5, 5.41) is 7.43. The van der Waals surface area contributed by atoms with Gasteiger partial charge in [0.1, 0.15) is 0 Å². The van der Waals surface area contributed by atoms with E-state index >= 15 is 0 Å². The molecular weight excluding hydrogens is 977 g/mol. The maximum atomic E-state index is 2.51. The molecule has 1 aliphatic rings. The van der Waals surface area contributed by atoms with Crippen LogP contribution in [0.1, 0.15) is 22.3 Å². The molecule has 0 saturated heterocycles. The number of benzene rings is 14. The van der Waals surface area contributed by atoms with Crippen LogP contribution in [0.15, 0.2) is 328 Å². The Hall–Kier alpha value is -10.5. The van der Waals surface area contributed by atoms with Crippen LogP contribution in [0.3, 0.4) is 0 Å². The molecule has 1 aliphatic carbocycles. The van der Waals surface area contributed by atoms with Gasteiger partial charge in [0.15, 0.2) is 0 Å². The summed E-state index contributed by atoms with van der Waals surface area (Å²) in [6.07, 6.45) is 0. The van der Waals surface area contributed by atoms with Crippen molar-refractivity contribution in [1.29, 1.82) is 0 Å². The molecule has 0 bridgehead atoms. The van der Waals surface area contributed by atoms with Crippen LogP contribution in [0.2, 0.25) is 0 Å². The first-order valence-electron chi connectivity index (χ1n) is 28.0. The third-order valence-electron chi connectivity index (χ3n) is 16.6. The van der Waals surface area contributed by atoms with E-state index in [9.17, 15) is 0 Å². The lowest BCUT2D eigenvalue weighted by atomic mass is 9.67. The fourth-order valence-electron chi connectivity index (χ4n) is 12.8. The van der Waals surface area contributed by atoms with E-state index in [0.29, 0.717) is 0 Å². The molecule has 0 amide bonds. The minimum atomic E-state index is -0.711. The molecule has 0 spiro atoms. The molecule has 0 N–H and O–H groups in total. The Kier molecular flexibility index (Phi) is 11.8. The van der Waals surface area contributed by atoms with Crippen LogP contribution in [-0.2, 0) is 5.41 Å². The van der Waals surface area contributed by atoms with Crippen molar-refractivity contribution in [3.8, 4) is 44.5 Å². The van der Waals surface area contributed by atoms with E-state index in [0.717, 1.165) is 34.1 Å². The summed E-state index contributed by atoms with van der Waals surface area (Å²) in [7, 11) is 0. The Balaban J connectivity index is 0.943. The highest BCUT2D eigenvalue weighted by Gasteiger charge is 2.46. The Labute approximate surface area is 473 Å². The van der Waals surface area contributed by atoms with Crippen molar-refractivity contribution in [2.45, 2.75) is 5.41 Å². The number of hydrogen-bond acceptors (Lipinski definition) is 2. The van der Waals surface area contributed by atoms with Crippen LogP contribution >= 0.6 is 0 Å². The standard InChI is InChI=1S/C79H54N2/c1-6-18-55(19-7-1)59-34-42-69(43-35-59)80(70-44-36-60(37-45-70)56-20-8-2-9-21-56)73-51-65-32-33-66-52-74(54-76-78(66)77(65)75(53-73)79(76,67-26-12-4-13-27-67)68-28-14-5-15-29-68)81(71-46-38-61(39-47-71)57-22-10-3-11-23-57)72-48-40-62(41-49-72)64-31-30-58-24-16-17-25-63(58)50-64/h1-54H. The molecule has 2 heteroatoms. The maximum Gasteiger partial charge on any atom is 0.0715 e. The average Bonchev–Trinajstić information content (AvgIpc) is 3.33. The highest BCUT2D eigenvalue weighted by atomic mass is 15.1. The molecule has 0 heterocycles. The number of nitrogens with zero attached hydrogens (tertiary/aromatic N) is 2. The molecule has 14 aromatic carbocycles. The van der Waals surface area contributed by atoms with Crippen molar-refractivity contribution in [3.63, 3.8) is 0 Å². The predicted molar refractivity (Wildman–Crippen MR) is 342 cm³/mol. The first kappa shape index (κ1) is 47.7. The molecule has 0 aromatic heterocycles. The van der Waals surface area contributed by atoms with Crippen LogP contribution in [-0.4, -0.2) is 0 Å². The van der Waals surface area contributed by atoms with Gasteiger partial charge in [0.05, 0.1) is 5.41 Å². The largest absolute Gasteiger partial charge is 0.310 e. The van der Waals surface area contributed by atoms with Gasteiger partial charge in [-0.1, -0.05) is 249 Å². The van der Waals surface area contributed by atoms with Gasteiger partial charge in [0.2, 0.25) is 0 Å². The maximum absolute atomic E-state index is 2.51. The van der Waals surface area contributed by atoms with Crippen LogP contribution in [0, 0.1) is 0 Å². The Morgan fingerprint density at radius 1 is 0.185 bits per heavy atom. The van der Waals surface area contributed by atoms with E-state index in [2.05, 4.69) is 337 Å². The van der Waals surface area contributed by atoms with Crippen molar-refractivity contribution >= 4 is 66.4 Å². The van der Waals surface area contributed by atoms with Crippen LogP contribution in [0.5, 0.6) is 0 Å². The SMILES string of the molecule is c1ccc(-c2ccc(N(c3ccc(-c4ccccc4)cc3)c3cc4c5c(ccc6cc(N(c7ccc(-c8ccccc8)cc7)c7ccc(-c8ccc9ccccc9c8)cc7)cc(c65)C4(c4ccccc4)c4ccccc4)c3)cc2)cc1. The van der Waals surface area contributed by atoms with Crippen LogP contribution in [0.4, 0.5) is 34.1 Å². The molecule has 81 heavy (non-hydrogen) atoms. The van der Waals surface area contributed by atoms with E-state index in [1.165, 1.54) is 99.1 Å². The second kappa shape index (κ2) is 20.0. The number of hydrogen-bond donors (Lipinski definition) is 0. The van der Waals surface area contributed by atoms with Crippen LogP contribution < -0.4 is 9.80 Å². The molecule has 0 radical (unpaired) electrons. The highest BCUT2D eigenvalue weighted by molar-refractivity contribution is 6.18. The summed E-state index contributed by atoms with van der Waals surface area (Å²) < 4.78 is 0. The van der Waals surface area contributed by atoms with Gasteiger partial charge < -0.3 is 9.80 Å². The van der Waals surface area contributed by atoms with Gasteiger partial charge in [0.25, 0.3) is 0 Å². The quantitative estimate of drug-likeness (QED) is 0.113. The Morgan fingerprint density at radius 3 is 0.840 bits per heavy atom. The molecular formula is C79H54N2. The van der Waals surface area contributed by atoms with Crippen molar-refractivity contribution < 1.29 is 0 Å². The van der Waals surface area contributed by atoms with Gasteiger partial charge in [-0.05, 0) is 178 Å². The summed E-state index contributed by atoms with van der Waals surface area (Å²) in [5.74, 6) is 0. The van der Waals surface area contributed by atoms with E-state index in [4.69, 9.17) is 0 Å². The van der Waals surface area contributed by atoms with Gasteiger partial charge in [-0.25, -0.2) is 0 Å². The lowest BCUT2D eigenvalue weighted by Crippen LogP contribution is -2.29. The molecule has 380 valence electrons. The van der Waals surface area contributed by atoms with Gasteiger partial charge in [0, 0.05) is 34.1 Å². The Bertz CT molecular complexity index is 4440. The zero-order valence-electron chi connectivity index (χ0n) is 44.6. The van der Waals surface area contributed by atoms with E-state index in [1.54, 1.807) is 0 Å². The third kappa shape index (κ3) is 8.36. The first-order chi connectivity index (χ1) is 40.1. The molecule has 0 atom stereocenters. The number of rotatable bonds is 12. The van der Waals surface area contributed by atoms with Crippen molar-refractivity contribution in [1.82, 2.24) is 0 Å². The van der Waals surface area contributed by atoms with E-state index in [-0.39, 0.29) is 0 Å². The second-order valence-electron chi connectivity index (χ2n) is 21.2. The fourth-order valence-corrected chi connectivity index (χ4v) is 12.8. The first-order valence-corrected chi connectivity index (χ1v) is 28.0. The number of anilines is 6. The summed E-state index contributed by atoms with van der Waals surface area (Å²) in [6, 6.07) is 121. The zero-order valence-corrected chi connectivity index (χ0v) is 44.6. The topological polar surface area (TPSA) is 6.48 Å². The van der Waals surface area contributed by atoms with Crippen molar-refractivity contribution in [2.24, 2.45) is 0 Å². The predicted octanol–water partition coefficient (Wildman–Crippen LogP) is 21.4. The minimum absolute atomic E-state index is 0.711. The van der Waals surface area contributed by atoms with Gasteiger partial charge in [-0.3, -0.25) is 0 Å². The summed E-state index contributed by atoms with van der Waals surface area (Å²) in [6.45, 7) is 0. The fraction of sp³-hybridized carbons (Fsp3) is 0.0127. The van der Waals surface area contributed by atoms with Crippen molar-refractivity contribution in [2.75, 3.05) is 9.80 Å². The third-order valence-corrected chi connectivity index (χ3v) is 16.6. The lowest BCUT2D eigenvalue weighted by Gasteiger charge is -2.36. The van der Waals surface area contributed by atoms with Gasteiger partial charge in [-0.15, -0.1) is 0 Å². The Morgan fingerprint density at radius 2 is 0.469 bits per heavy atom. The smallest absolute Gasteiger partial charge is 0.0715 e. The summed E-state index contributed by atoms with van der Waals surface area (Å²) in [5.41, 5.74) is 20.2. The molecule has 0 fully saturated rings. The highest BCUT2D eigenvalue weighted by Crippen LogP contribution is 2.59. The minimum Gasteiger partial charge on any atom is -0.310 e. The molecule has 0 aliphatic heterocycles. The monoisotopic (exact) mass is 1030 g/mol. The van der Waals surface area contributed by atoms with Crippen molar-refractivity contribution in [3.05, 3.63) is 350 Å². The average molecular weight is 1030 g/mol. The summed E-state index contributed by atoms with van der Waals surface area (Å²) >= 11 is 0.